The molecule has 2 unspecified atom stereocenters. The maximum Gasteiger partial charge on any atom is 0.255 e. The number of amides is 1. The lowest BCUT2D eigenvalue weighted by Gasteiger charge is -2.32. The number of carbonyl (C=O) groups is 1. The lowest BCUT2D eigenvalue weighted by molar-refractivity contribution is -0.0135. The molecule has 0 radical (unpaired) electrons. The number of carbonyl (C=O) groups excluding carboxylic acids is 1. The Morgan fingerprint density at radius 2 is 2.19 bits per heavy atom. The number of aryl methyl sites for hydroxylation is 1. The summed E-state index contributed by atoms with van der Waals surface area (Å²) in [6, 6.07) is 7.13. The Balaban J connectivity index is 1.66. The predicted octanol–water partition coefficient (Wildman–Crippen LogP) is 2.06. The van der Waals surface area contributed by atoms with E-state index in [1.54, 1.807) is 6.20 Å². The number of benzene rings is 1. The van der Waals surface area contributed by atoms with Crippen LogP contribution in [0.1, 0.15) is 41.4 Å². The van der Waals surface area contributed by atoms with Gasteiger partial charge in [0.2, 0.25) is 0 Å². The molecular weight excluding hydrogens is 346 g/mol. The zero-order valence-corrected chi connectivity index (χ0v) is 15.9. The van der Waals surface area contributed by atoms with E-state index >= 15 is 0 Å². The molecule has 7 heteroatoms. The number of aliphatic hydroxyl groups excluding tert-OH is 1. The van der Waals surface area contributed by atoms with Gasteiger partial charge in [0.1, 0.15) is 11.9 Å². The third-order valence-corrected chi connectivity index (χ3v) is 4.80. The van der Waals surface area contributed by atoms with Crippen LogP contribution in [0.15, 0.2) is 30.5 Å². The number of hydrogen-bond acceptors (Lipinski definition) is 5. The van der Waals surface area contributed by atoms with Gasteiger partial charge in [-0.2, -0.15) is 5.10 Å². The molecule has 1 aromatic carbocycles. The summed E-state index contributed by atoms with van der Waals surface area (Å²) in [4.78, 5) is 12.7. The van der Waals surface area contributed by atoms with Gasteiger partial charge in [0.15, 0.2) is 0 Å². The Labute approximate surface area is 159 Å². The molecule has 2 aromatic rings. The van der Waals surface area contributed by atoms with Gasteiger partial charge in [0, 0.05) is 18.8 Å². The number of nitrogens with zero attached hydrogens (tertiary/aromatic N) is 2. The van der Waals surface area contributed by atoms with Gasteiger partial charge in [-0.3, -0.25) is 9.48 Å². The van der Waals surface area contributed by atoms with Gasteiger partial charge in [0.05, 0.1) is 31.0 Å². The predicted molar refractivity (Wildman–Crippen MR) is 101 cm³/mol. The van der Waals surface area contributed by atoms with Crippen molar-refractivity contribution in [3.05, 3.63) is 47.3 Å². The quantitative estimate of drug-likeness (QED) is 0.776. The summed E-state index contributed by atoms with van der Waals surface area (Å²) in [5.74, 6) is 0.555. The molecule has 1 aliphatic rings. The average molecular weight is 373 g/mol. The molecule has 7 nitrogen and oxygen atoms in total. The summed E-state index contributed by atoms with van der Waals surface area (Å²) in [7, 11) is 0. The summed E-state index contributed by atoms with van der Waals surface area (Å²) in [6.45, 7) is 5.79. The normalized spacial score (nSPS) is 19.7. The molecule has 146 valence electrons. The molecule has 2 heterocycles. The summed E-state index contributed by atoms with van der Waals surface area (Å²) in [6.07, 6.45) is 3.01. The van der Waals surface area contributed by atoms with E-state index in [1.807, 2.05) is 35.9 Å². The first-order valence-corrected chi connectivity index (χ1v) is 9.39. The third-order valence-electron chi connectivity index (χ3n) is 4.80. The van der Waals surface area contributed by atoms with E-state index in [0.717, 1.165) is 24.2 Å². The molecule has 1 aliphatic heterocycles. The van der Waals surface area contributed by atoms with E-state index in [-0.39, 0.29) is 24.7 Å². The molecule has 0 bridgehead atoms. The minimum Gasteiger partial charge on any atom is -0.486 e. The summed E-state index contributed by atoms with van der Waals surface area (Å²) >= 11 is 0. The van der Waals surface area contributed by atoms with Crippen LogP contribution in [-0.4, -0.2) is 46.2 Å². The second-order valence-electron chi connectivity index (χ2n) is 6.77. The van der Waals surface area contributed by atoms with Crippen molar-refractivity contribution >= 4 is 5.91 Å². The van der Waals surface area contributed by atoms with E-state index in [0.29, 0.717) is 30.9 Å². The van der Waals surface area contributed by atoms with Crippen LogP contribution >= 0.6 is 0 Å². The average Bonchev–Trinajstić information content (AvgIpc) is 3.05. The second-order valence-corrected chi connectivity index (χ2v) is 6.77. The summed E-state index contributed by atoms with van der Waals surface area (Å²) in [5, 5.41) is 16.5. The van der Waals surface area contributed by atoms with Crippen molar-refractivity contribution in [2.45, 2.75) is 52.0 Å². The molecule has 1 saturated heterocycles. The maximum atomic E-state index is 12.7. The van der Waals surface area contributed by atoms with Crippen LogP contribution < -0.4 is 10.1 Å². The van der Waals surface area contributed by atoms with Crippen LogP contribution in [0.3, 0.4) is 0 Å². The molecule has 1 fully saturated rings. The van der Waals surface area contributed by atoms with Gasteiger partial charge in [-0.1, -0.05) is 19.1 Å². The van der Waals surface area contributed by atoms with Crippen molar-refractivity contribution < 1.29 is 19.4 Å². The lowest BCUT2D eigenvalue weighted by atomic mass is 10.1. The highest BCUT2D eigenvalue weighted by atomic mass is 16.5. The Bertz CT molecular complexity index is 757. The number of hydrogen-bond donors (Lipinski definition) is 2. The number of nitrogens with one attached hydrogen (secondary N) is 1. The first kappa shape index (κ1) is 19.4. The number of aromatic nitrogens is 2. The maximum absolute atomic E-state index is 12.7. The first-order valence-electron chi connectivity index (χ1n) is 9.39. The van der Waals surface area contributed by atoms with Crippen LogP contribution in [0.4, 0.5) is 0 Å². The molecule has 2 atom stereocenters. The second kappa shape index (κ2) is 9.01. The van der Waals surface area contributed by atoms with Gasteiger partial charge >= 0.3 is 0 Å². The fourth-order valence-corrected chi connectivity index (χ4v) is 3.19. The highest BCUT2D eigenvalue weighted by Crippen LogP contribution is 2.19. The van der Waals surface area contributed by atoms with Gasteiger partial charge in [-0.15, -0.1) is 0 Å². The SMILES string of the molecule is CCCn1ncc(C(=O)NC2CCOCC2Oc2ccc(CO)cc2)c1C. The Hall–Kier alpha value is -2.38. The number of ether oxygens (including phenoxy) is 2. The number of aliphatic hydroxyl groups is 1. The minimum atomic E-state index is -0.270. The minimum absolute atomic E-state index is 0.00341. The Morgan fingerprint density at radius 3 is 2.89 bits per heavy atom. The van der Waals surface area contributed by atoms with Crippen LogP contribution in [-0.2, 0) is 17.9 Å². The fourth-order valence-electron chi connectivity index (χ4n) is 3.19. The van der Waals surface area contributed by atoms with Gasteiger partial charge in [-0.25, -0.2) is 0 Å². The molecule has 1 amide bonds. The lowest BCUT2D eigenvalue weighted by Crippen LogP contribution is -2.51. The van der Waals surface area contributed by atoms with E-state index in [4.69, 9.17) is 14.6 Å². The van der Waals surface area contributed by atoms with Gasteiger partial charge in [0.25, 0.3) is 5.91 Å². The van der Waals surface area contributed by atoms with E-state index < -0.39 is 0 Å². The molecule has 3 rings (SSSR count). The van der Waals surface area contributed by atoms with Gasteiger partial charge in [-0.05, 0) is 37.5 Å². The van der Waals surface area contributed by atoms with Crippen molar-refractivity contribution in [3.8, 4) is 5.75 Å². The third kappa shape index (κ3) is 4.67. The van der Waals surface area contributed by atoms with E-state index in [9.17, 15) is 4.79 Å². The summed E-state index contributed by atoms with van der Waals surface area (Å²) in [5.41, 5.74) is 2.30. The van der Waals surface area contributed by atoms with Crippen LogP contribution in [0.5, 0.6) is 5.75 Å². The monoisotopic (exact) mass is 373 g/mol. The van der Waals surface area contributed by atoms with Crippen molar-refractivity contribution in [2.24, 2.45) is 0 Å². The molecule has 0 spiro atoms. The Morgan fingerprint density at radius 1 is 1.41 bits per heavy atom. The highest BCUT2D eigenvalue weighted by Gasteiger charge is 2.30. The highest BCUT2D eigenvalue weighted by molar-refractivity contribution is 5.95. The van der Waals surface area contributed by atoms with Crippen molar-refractivity contribution in [1.82, 2.24) is 15.1 Å². The number of rotatable bonds is 7. The largest absolute Gasteiger partial charge is 0.486 e. The van der Waals surface area contributed by atoms with E-state index in [2.05, 4.69) is 17.3 Å². The smallest absolute Gasteiger partial charge is 0.255 e. The fraction of sp³-hybridized carbons (Fsp3) is 0.500. The molecule has 0 aliphatic carbocycles. The molecule has 27 heavy (non-hydrogen) atoms. The molecule has 0 saturated carbocycles. The van der Waals surface area contributed by atoms with Crippen molar-refractivity contribution in [3.63, 3.8) is 0 Å². The van der Waals surface area contributed by atoms with Crippen LogP contribution in [0.2, 0.25) is 0 Å². The first-order chi connectivity index (χ1) is 13.1. The van der Waals surface area contributed by atoms with Crippen molar-refractivity contribution in [1.29, 1.82) is 0 Å². The zero-order chi connectivity index (χ0) is 19.2. The molecular formula is C20H27N3O4. The standard InChI is InChI=1S/C20H27N3O4/c1-3-9-23-14(2)17(11-21-23)20(25)22-18-8-10-26-13-19(18)27-16-6-4-15(12-24)5-7-16/h4-7,11,18-19,24H,3,8-10,12-13H2,1-2H3,(H,22,25). The summed E-state index contributed by atoms with van der Waals surface area (Å²) < 4.78 is 13.4. The molecule has 2 N–H and O–H groups in total. The molecule has 1 aromatic heterocycles. The van der Waals surface area contributed by atoms with Gasteiger partial charge < -0.3 is 19.9 Å². The Kier molecular flexibility index (Phi) is 6.47. The van der Waals surface area contributed by atoms with Crippen molar-refractivity contribution in [2.75, 3.05) is 13.2 Å². The van der Waals surface area contributed by atoms with Crippen LogP contribution in [0, 0.1) is 6.92 Å². The topological polar surface area (TPSA) is 85.6 Å². The zero-order valence-electron chi connectivity index (χ0n) is 15.9. The van der Waals surface area contributed by atoms with E-state index in [1.165, 1.54) is 0 Å². The van der Waals surface area contributed by atoms with Crippen LogP contribution in [0.25, 0.3) is 0 Å².